The molecular formula is C18H22N4O3S. The summed E-state index contributed by atoms with van der Waals surface area (Å²) in [5.74, 6) is 0.118. The Morgan fingerprint density at radius 3 is 2.65 bits per heavy atom. The standard InChI is InChI=1S/C18H22N4O3S/c19-26(24,25)21-7-5-18(6-8-21)9-14(17(18)23)16-13-4-2-1-3-12(13)15-10-20-11-22(15)16/h1-4,10-11,14,16-17,23H,5-9H2,(H2,19,24,25)/t14-,16-,17+/m0/s1. The van der Waals surface area contributed by atoms with Crippen LogP contribution in [-0.2, 0) is 10.2 Å². The van der Waals surface area contributed by atoms with Crippen LogP contribution in [0.5, 0.6) is 0 Å². The molecule has 0 unspecified atom stereocenters. The number of imidazole rings is 1. The molecule has 2 aliphatic heterocycles. The van der Waals surface area contributed by atoms with Crippen LogP contribution in [0.1, 0.15) is 30.9 Å². The number of hydrogen-bond donors (Lipinski definition) is 2. The van der Waals surface area contributed by atoms with E-state index in [1.807, 2.05) is 24.7 Å². The third-order valence-electron chi connectivity index (χ3n) is 6.68. The highest BCUT2D eigenvalue weighted by Crippen LogP contribution is 2.59. The Morgan fingerprint density at radius 1 is 1.23 bits per heavy atom. The fourth-order valence-corrected chi connectivity index (χ4v) is 5.97. The summed E-state index contributed by atoms with van der Waals surface area (Å²) >= 11 is 0. The van der Waals surface area contributed by atoms with Crippen molar-refractivity contribution in [2.45, 2.75) is 31.4 Å². The monoisotopic (exact) mass is 374 g/mol. The molecule has 1 saturated heterocycles. The van der Waals surface area contributed by atoms with Gasteiger partial charge in [0.05, 0.1) is 30.4 Å². The summed E-state index contributed by atoms with van der Waals surface area (Å²) in [7, 11) is -3.64. The Labute approximate surface area is 152 Å². The summed E-state index contributed by atoms with van der Waals surface area (Å²) in [5, 5.41) is 16.3. The molecule has 26 heavy (non-hydrogen) atoms. The Kier molecular flexibility index (Phi) is 3.40. The predicted octanol–water partition coefficient (Wildman–Crippen LogP) is 1.12. The first-order valence-electron chi connectivity index (χ1n) is 8.98. The topological polar surface area (TPSA) is 101 Å². The van der Waals surface area contributed by atoms with E-state index in [4.69, 9.17) is 5.14 Å². The normalized spacial score (nSPS) is 30.0. The first-order valence-corrected chi connectivity index (χ1v) is 10.5. The molecule has 1 saturated carbocycles. The SMILES string of the molecule is NS(=O)(=O)N1CCC2(CC1)C[C@@H]([C@@H]1c3ccccc3-c3cncn31)[C@H]2O. The van der Waals surface area contributed by atoms with Gasteiger partial charge in [-0.05, 0) is 30.2 Å². The number of hydrogen-bond acceptors (Lipinski definition) is 4. The summed E-state index contributed by atoms with van der Waals surface area (Å²) < 4.78 is 26.6. The molecule has 7 nitrogen and oxygen atoms in total. The number of aromatic nitrogens is 2. The zero-order valence-electron chi connectivity index (χ0n) is 14.3. The number of nitrogens with two attached hydrogens (primary N) is 1. The molecule has 0 radical (unpaired) electrons. The van der Waals surface area contributed by atoms with Gasteiger partial charge in [0.25, 0.3) is 10.2 Å². The van der Waals surface area contributed by atoms with E-state index >= 15 is 0 Å². The van der Waals surface area contributed by atoms with Gasteiger partial charge in [0.2, 0.25) is 0 Å². The van der Waals surface area contributed by atoms with Crippen molar-refractivity contribution in [2.75, 3.05) is 13.1 Å². The van der Waals surface area contributed by atoms with Crippen LogP contribution in [0.25, 0.3) is 11.3 Å². The average Bonchev–Trinajstić information content (AvgIpc) is 3.20. The molecule has 5 rings (SSSR count). The molecule has 0 amide bonds. The second kappa shape index (κ2) is 5.39. The van der Waals surface area contributed by atoms with E-state index in [1.54, 1.807) is 0 Å². The summed E-state index contributed by atoms with van der Waals surface area (Å²) in [6.07, 6.45) is 5.49. The Morgan fingerprint density at radius 2 is 1.96 bits per heavy atom. The van der Waals surface area contributed by atoms with Crippen LogP contribution < -0.4 is 5.14 Å². The van der Waals surface area contributed by atoms with Crippen LogP contribution in [0.2, 0.25) is 0 Å². The summed E-state index contributed by atoms with van der Waals surface area (Å²) in [5.41, 5.74) is 3.34. The highest BCUT2D eigenvalue weighted by atomic mass is 32.2. The van der Waals surface area contributed by atoms with E-state index in [0.29, 0.717) is 25.9 Å². The molecule has 8 heteroatoms. The lowest BCUT2D eigenvalue weighted by molar-refractivity contribution is -0.152. The van der Waals surface area contributed by atoms with Crippen LogP contribution in [-0.4, -0.2) is 46.6 Å². The van der Waals surface area contributed by atoms with Crippen molar-refractivity contribution in [2.24, 2.45) is 16.5 Å². The number of benzene rings is 1. The summed E-state index contributed by atoms with van der Waals surface area (Å²) in [4.78, 5) is 4.29. The number of fused-ring (bicyclic) bond motifs is 3. The Hall–Kier alpha value is -1.74. The minimum absolute atomic E-state index is 0.0978. The number of aliphatic hydroxyl groups excluding tert-OH is 1. The van der Waals surface area contributed by atoms with Gasteiger partial charge in [0.15, 0.2) is 0 Å². The molecule has 3 N–H and O–H groups in total. The fourth-order valence-electron chi connectivity index (χ4n) is 5.28. The van der Waals surface area contributed by atoms with E-state index in [0.717, 1.165) is 12.1 Å². The van der Waals surface area contributed by atoms with Gasteiger partial charge < -0.3 is 9.67 Å². The zero-order chi connectivity index (χ0) is 18.1. The molecule has 1 aliphatic carbocycles. The Balaban J connectivity index is 1.40. The molecule has 1 spiro atoms. The van der Waals surface area contributed by atoms with Gasteiger partial charge in [-0.2, -0.15) is 12.7 Å². The highest BCUT2D eigenvalue weighted by molar-refractivity contribution is 7.86. The van der Waals surface area contributed by atoms with Crippen LogP contribution in [0.3, 0.4) is 0 Å². The van der Waals surface area contributed by atoms with E-state index in [1.165, 1.54) is 15.4 Å². The summed E-state index contributed by atoms with van der Waals surface area (Å²) in [6.45, 7) is 0.778. The lowest BCUT2D eigenvalue weighted by Gasteiger charge is -2.57. The molecule has 3 heterocycles. The van der Waals surface area contributed by atoms with Crippen LogP contribution in [0.15, 0.2) is 36.8 Å². The van der Waals surface area contributed by atoms with E-state index in [9.17, 15) is 13.5 Å². The van der Waals surface area contributed by atoms with Crippen LogP contribution >= 0.6 is 0 Å². The van der Waals surface area contributed by atoms with Crippen molar-refractivity contribution in [1.29, 1.82) is 0 Å². The molecule has 2 fully saturated rings. The molecule has 138 valence electrons. The van der Waals surface area contributed by atoms with E-state index in [2.05, 4.69) is 21.7 Å². The summed E-state index contributed by atoms with van der Waals surface area (Å²) in [6, 6.07) is 8.40. The minimum Gasteiger partial charge on any atom is -0.392 e. The zero-order valence-corrected chi connectivity index (χ0v) is 15.1. The van der Waals surface area contributed by atoms with Gasteiger partial charge >= 0.3 is 0 Å². The lowest BCUT2D eigenvalue weighted by Crippen LogP contribution is -2.60. The van der Waals surface area contributed by atoms with Crippen molar-refractivity contribution >= 4 is 10.2 Å². The highest BCUT2D eigenvalue weighted by Gasteiger charge is 2.58. The van der Waals surface area contributed by atoms with Crippen molar-refractivity contribution in [3.05, 3.63) is 42.4 Å². The van der Waals surface area contributed by atoms with E-state index in [-0.39, 0.29) is 17.4 Å². The maximum atomic E-state index is 11.5. The second-order valence-electron chi connectivity index (χ2n) is 7.84. The van der Waals surface area contributed by atoms with Crippen molar-refractivity contribution in [3.63, 3.8) is 0 Å². The van der Waals surface area contributed by atoms with E-state index < -0.39 is 16.3 Å². The molecule has 3 aliphatic rings. The van der Waals surface area contributed by atoms with Gasteiger partial charge in [0.1, 0.15) is 0 Å². The maximum absolute atomic E-state index is 11.5. The molecule has 3 atom stereocenters. The third-order valence-corrected chi connectivity index (χ3v) is 7.76. The predicted molar refractivity (Wildman–Crippen MR) is 96.3 cm³/mol. The number of piperidine rings is 1. The Bertz CT molecular complexity index is 962. The van der Waals surface area contributed by atoms with Gasteiger partial charge in [0, 0.05) is 24.6 Å². The van der Waals surface area contributed by atoms with Gasteiger partial charge in [-0.3, -0.25) is 0 Å². The van der Waals surface area contributed by atoms with Crippen LogP contribution in [0.4, 0.5) is 0 Å². The van der Waals surface area contributed by atoms with Crippen molar-refractivity contribution in [1.82, 2.24) is 13.9 Å². The van der Waals surface area contributed by atoms with Gasteiger partial charge in [-0.15, -0.1) is 0 Å². The smallest absolute Gasteiger partial charge is 0.276 e. The van der Waals surface area contributed by atoms with Crippen LogP contribution in [0, 0.1) is 11.3 Å². The third kappa shape index (κ3) is 2.16. The largest absolute Gasteiger partial charge is 0.392 e. The number of rotatable bonds is 2. The minimum atomic E-state index is -3.64. The molecule has 1 aromatic heterocycles. The molecule has 2 aromatic rings. The first-order chi connectivity index (χ1) is 12.4. The van der Waals surface area contributed by atoms with Crippen molar-refractivity contribution < 1.29 is 13.5 Å². The molecular weight excluding hydrogens is 352 g/mol. The average molecular weight is 374 g/mol. The quantitative estimate of drug-likeness (QED) is 0.822. The fraction of sp³-hybridized carbons (Fsp3) is 0.500. The van der Waals surface area contributed by atoms with Crippen molar-refractivity contribution in [3.8, 4) is 11.3 Å². The first kappa shape index (κ1) is 16.4. The van der Waals surface area contributed by atoms with Gasteiger partial charge in [-0.1, -0.05) is 24.3 Å². The van der Waals surface area contributed by atoms with Gasteiger partial charge in [-0.25, -0.2) is 10.1 Å². The number of nitrogens with zero attached hydrogens (tertiary/aromatic N) is 3. The lowest BCUT2D eigenvalue weighted by atomic mass is 9.53. The molecule has 1 aromatic carbocycles. The second-order valence-corrected chi connectivity index (χ2v) is 9.38. The molecule has 0 bridgehead atoms. The number of aliphatic hydroxyl groups is 1. The maximum Gasteiger partial charge on any atom is 0.276 e.